The van der Waals surface area contributed by atoms with Gasteiger partial charge in [0.2, 0.25) is 0 Å². The number of carbonyl (C=O) groups excluding carboxylic acids is 1. The molecule has 0 aliphatic carbocycles. The van der Waals surface area contributed by atoms with Gasteiger partial charge in [0.05, 0.1) is 6.10 Å². The summed E-state index contributed by atoms with van der Waals surface area (Å²) in [5.74, 6) is -0.0158. The molecule has 66 valence electrons. The molecule has 2 aliphatic heterocycles. The van der Waals surface area contributed by atoms with E-state index in [0.717, 1.165) is 0 Å². The predicted octanol–water partition coefficient (Wildman–Crippen LogP) is 1.53. The highest BCUT2D eigenvalue weighted by Gasteiger charge is 2.51. The van der Waals surface area contributed by atoms with Crippen LogP contribution in [0.5, 0.6) is 0 Å². The molecule has 2 rings (SSSR count). The van der Waals surface area contributed by atoms with Crippen molar-refractivity contribution in [2.75, 3.05) is 0 Å². The highest BCUT2D eigenvalue weighted by Crippen LogP contribution is 2.39. The van der Waals surface area contributed by atoms with Crippen molar-refractivity contribution in [2.45, 2.75) is 30.9 Å². The van der Waals surface area contributed by atoms with Gasteiger partial charge in [0.25, 0.3) is 0 Å². The molecular formula is C9H11ClO2. The molecule has 3 heteroatoms. The Hall–Kier alpha value is -0.340. The number of ether oxygens (including phenoxy) is 1. The second-order valence-corrected chi connectivity index (χ2v) is 4.42. The van der Waals surface area contributed by atoms with Crippen LogP contribution in [0.25, 0.3) is 0 Å². The van der Waals surface area contributed by atoms with Gasteiger partial charge in [-0.05, 0) is 6.92 Å². The van der Waals surface area contributed by atoms with Crippen LogP contribution in [0.1, 0.15) is 13.8 Å². The molecule has 0 radical (unpaired) electrons. The molecule has 4 atom stereocenters. The SMILES string of the molecule is C[C@H]1C(=O)[C@](C)(Cl)[C@H]2C=C[C@@H]1O2. The van der Waals surface area contributed by atoms with Gasteiger partial charge in [-0.1, -0.05) is 19.1 Å². The van der Waals surface area contributed by atoms with Gasteiger partial charge >= 0.3 is 0 Å². The molecule has 0 saturated carbocycles. The predicted molar refractivity (Wildman–Crippen MR) is 46.2 cm³/mol. The maximum atomic E-state index is 11.7. The van der Waals surface area contributed by atoms with Gasteiger partial charge in [0.15, 0.2) is 5.78 Å². The molecular weight excluding hydrogens is 176 g/mol. The van der Waals surface area contributed by atoms with Gasteiger partial charge in [-0.25, -0.2) is 0 Å². The summed E-state index contributed by atoms with van der Waals surface area (Å²) in [5.41, 5.74) is 0. The van der Waals surface area contributed by atoms with Crippen molar-refractivity contribution in [3.8, 4) is 0 Å². The molecule has 0 spiro atoms. The number of carbonyl (C=O) groups is 1. The third-order valence-electron chi connectivity index (χ3n) is 2.70. The summed E-state index contributed by atoms with van der Waals surface area (Å²) in [5, 5.41) is 0. The zero-order chi connectivity index (χ0) is 8.93. The topological polar surface area (TPSA) is 26.3 Å². The van der Waals surface area contributed by atoms with Gasteiger partial charge in [0, 0.05) is 5.92 Å². The van der Waals surface area contributed by atoms with E-state index in [4.69, 9.17) is 16.3 Å². The average molecular weight is 187 g/mol. The summed E-state index contributed by atoms with van der Waals surface area (Å²) < 4.78 is 5.53. The van der Waals surface area contributed by atoms with Crippen LogP contribution < -0.4 is 0 Å². The van der Waals surface area contributed by atoms with Crippen molar-refractivity contribution in [3.63, 3.8) is 0 Å². The smallest absolute Gasteiger partial charge is 0.162 e. The number of Topliss-reactive ketones (excluding diaryl/α,β-unsaturated/α-hetero) is 1. The number of ketones is 1. The molecule has 2 bridgehead atoms. The van der Waals surface area contributed by atoms with Crippen molar-refractivity contribution in [1.82, 2.24) is 0 Å². The van der Waals surface area contributed by atoms with Crippen LogP contribution in [0.2, 0.25) is 0 Å². The van der Waals surface area contributed by atoms with Crippen LogP contribution in [0.4, 0.5) is 0 Å². The van der Waals surface area contributed by atoms with Gasteiger partial charge in [-0.15, -0.1) is 11.6 Å². The van der Waals surface area contributed by atoms with E-state index in [0.29, 0.717) is 0 Å². The summed E-state index contributed by atoms with van der Waals surface area (Å²) in [4.78, 5) is 10.8. The van der Waals surface area contributed by atoms with Crippen LogP contribution in [0.15, 0.2) is 12.2 Å². The minimum atomic E-state index is -0.858. The van der Waals surface area contributed by atoms with E-state index in [1.165, 1.54) is 0 Å². The summed E-state index contributed by atoms with van der Waals surface area (Å²) in [6.07, 6.45) is 3.54. The Bertz CT molecular complexity index is 257. The molecule has 0 amide bonds. The first kappa shape index (κ1) is 8.27. The molecule has 0 unspecified atom stereocenters. The monoisotopic (exact) mass is 186 g/mol. The highest BCUT2D eigenvalue weighted by atomic mass is 35.5. The number of hydrogen-bond donors (Lipinski definition) is 0. The van der Waals surface area contributed by atoms with E-state index in [2.05, 4.69) is 0 Å². The van der Waals surface area contributed by atoms with Crippen molar-refractivity contribution in [2.24, 2.45) is 5.92 Å². The lowest BCUT2D eigenvalue weighted by Gasteiger charge is -2.36. The molecule has 0 aromatic heterocycles. The van der Waals surface area contributed by atoms with E-state index in [9.17, 15) is 4.79 Å². The molecule has 2 aliphatic rings. The Morgan fingerprint density at radius 3 is 2.92 bits per heavy atom. The van der Waals surface area contributed by atoms with Gasteiger partial charge in [-0.3, -0.25) is 4.79 Å². The van der Waals surface area contributed by atoms with Crippen molar-refractivity contribution < 1.29 is 9.53 Å². The zero-order valence-electron chi connectivity index (χ0n) is 7.08. The Morgan fingerprint density at radius 2 is 2.25 bits per heavy atom. The van der Waals surface area contributed by atoms with E-state index >= 15 is 0 Å². The number of hydrogen-bond acceptors (Lipinski definition) is 2. The van der Waals surface area contributed by atoms with Crippen LogP contribution in [-0.4, -0.2) is 22.9 Å². The van der Waals surface area contributed by atoms with Crippen molar-refractivity contribution in [1.29, 1.82) is 0 Å². The summed E-state index contributed by atoms with van der Waals surface area (Å²) in [7, 11) is 0. The van der Waals surface area contributed by atoms with Crippen molar-refractivity contribution >= 4 is 17.4 Å². The zero-order valence-corrected chi connectivity index (χ0v) is 7.84. The van der Waals surface area contributed by atoms with Crippen LogP contribution in [-0.2, 0) is 9.53 Å². The van der Waals surface area contributed by atoms with Crippen LogP contribution in [0, 0.1) is 5.92 Å². The Labute approximate surface area is 76.5 Å². The third kappa shape index (κ3) is 0.882. The largest absolute Gasteiger partial charge is 0.364 e. The summed E-state index contributed by atoms with van der Waals surface area (Å²) >= 11 is 6.08. The van der Waals surface area contributed by atoms with Crippen LogP contribution in [0.3, 0.4) is 0 Å². The Balaban J connectivity index is 2.38. The number of fused-ring (bicyclic) bond motifs is 2. The normalized spacial score (nSPS) is 51.6. The fourth-order valence-corrected chi connectivity index (χ4v) is 2.09. The van der Waals surface area contributed by atoms with E-state index in [-0.39, 0.29) is 23.9 Å². The van der Waals surface area contributed by atoms with E-state index < -0.39 is 4.87 Å². The lowest BCUT2D eigenvalue weighted by molar-refractivity contribution is -0.140. The summed E-state index contributed by atoms with van der Waals surface area (Å²) in [6.45, 7) is 3.59. The van der Waals surface area contributed by atoms with E-state index in [1.807, 2.05) is 19.1 Å². The second kappa shape index (κ2) is 2.33. The highest BCUT2D eigenvalue weighted by molar-refractivity contribution is 6.36. The molecule has 0 N–H and O–H groups in total. The quantitative estimate of drug-likeness (QED) is 0.424. The van der Waals surface area contributed by atoms with Gasteiger partial charge in [-0.2, -0.15) is 0 Å². The first-order valence-electron chi connectivity index (χ1n) is 4.10. The molecule has 0 aromatic rings. The molecule has 2 nitrogen and oxygen atoms in total. The van der Waals surface area contributed by atoms with Gasteiger partial charge in [0.1, 0.15) is 11.0 Å². The molecule has 2 heterocycles. The second-order valence-electron chi connectivity index (χ2n) is 3.63. The summed E-state index contributed by atoms with van der Waals surface area (Å²) in [6, 6.07) is 0. The lowest BCUT2D eigenvalue weighted by atomic mass is 9.87. The number of halogens is 1. The minimum absolute atomic E-state index is 0.0469. The van der Waals surface area contributed by atoms with Gasteiger partial charge < -0.3 is 4.74 Å². The Kier molecular flexibility index (Phi) is 1.61. The van der Waals surface area contributed by atoms with Crippen LogP contribution >= 0.6 is 11.6 Å². The molecule has 0 aromatic carbocycles. The fraction of sp³-hybridized carbons (Fsp3) is 0.667. The average Bonchev–Trinajstić information content (AvgIpc) is 2.46. The number of rotatable bonds is 0. The fourth-order valence-electron chi connectivity index (χ4n) is 1.80. The van der Waals surface area contributed by atoms with E-state index in [1.54, 1.807) is 6.92 Å². The molecule has 12 heavy (non-hydrogen) atoms. The standard InChI is InChI=1S/C9H11ClO2/c1-5-6-3-4-7(12-6)9(2,10)8(5)11/h3-7H,1-2H3/t5-,6+,7-,9-/m1/s1. The first-order valence-corrected chi connectivity index (χ1v) is 4.48. The first-order chi connectivity index (χ1) is 5.53. The maximum absolute atomic E-state index is 11.7. The third-order valence-corrected chi connectivity index (χ3v) is 3.10. The molecule has 1 fully saturated rings. The minimum Gasteiger partial charge on any atom is -0.364 e. The number of alkyl halides is 1. The van der Waals surface area contributed by atoms with Crippen molar-refractivity contribution in [3.05, 3.63) is 12.2 Å². The Morgan fingerprint density at radius 1 is 1.58 bits per heavy atom. The lowest BCUT2D eigenvalue weighted by Crippen LogP contribution is -2.51. The molecule has 1 saturated heterocycles. The maximum Gasteiger partial charge on any atom is 0.162 e.